The quantitative estimate of drug-likeness (QED) is 0.803. The van der Waals surface area contributed by atoms with Crippen LogP contribution in [0.4, 0.5) is 5.00 Å². The summed E-state index contributed by atoms with van der Waals surface area (Å²) in [5, 5.41) is 9.04. The highest BCUT2D eigenvalue weighted by Gasteiger charge is 2.40. The highest BCUT2D eigenvalue weighted by atomic mass is 32.2. The Morgan fingerprint density at radius 3 is 2.72 bits per heavy atom. The molecule has 3 heterocycles. The molecule has 25 heavy (non-hydrogen) atoms. The van der Waals surface area contributed by atoms with E-state index >= 15 is 0 Å². The maximum absolute atomic E-state index is 12.7. The third-order valence-electron chi connectivity index (χ3n) is 3.94. The predicted molar refractivity (Wildman–Crippen MR) is 97.6 cm³/mol. The number of carbonyl (C=O) groups excluding carboxylic acids is 2. The van der Waals surface area contributed by atoms with E-state index in [4.69, 9.17) is 0 Å². The van der Waals surface area contributed by atoms with Crippen LogP contribution in [0.5, 0.6) is 0 Å². The van der Waals surface area contributed by atoms with Gasteiger partial charge in [-0.15, -0.1) is 22.7 Å². The smallest absolute Gasteiger partial charge is 0.254 e. The van der Waals surface area contributed by atoms with Crippen molar-refractivity contribution in [2.45, 2.75) is 23.1 Å². The molecule has 1 aliphatic heterocycles. The largest absolute Gasteiger partial charge is 0.355 e. The van der Waals surface area contributed by atoms with Gasteiger partial charge >= 0.3 is 0 Å². The molecule has 3 rings (SSSR count). The molecule has 2 amide bonds. The monoisotopic (exact) mass is 399 g/mol. The summed E-state index contributed by atoms with van der Waals surface area (Å²) in [5.41, 5.74) is 0.367. The topological polar surface area (TPSA) is 95.6 Å². The van der Waals surface area contributed by atoms with Crippen molar-refractivity contribution < 1.29 is 18.0 Å². The van der Waals surface area contributed by atoms with Crippen LogP contribution in [0.1, 0.15) is 23.2 Å². The second-order valence-electron chi connectivity index (χ2n) is 5.44. The average molecular weight is 400 g/mol. The maximum Gasteiger partial charge on any atom is 0.254 e. The van der Waals surface area contributed by atoms with Crippen molar-refractivity contribution in [2.75, 3.05) is 18.9 Å². The van der Waals surface area contributed by atoms with Crippen LogP contribution in [0.3, 0.4) is 0 Å². The van der Waals surface area contributed by atoms with E-state index in [-0.39, 0.29) is 10.1 Å². The number of carbonyl (C=O) groups is 2. The van der Waals surface area contributed by atoms with Crippen LogP contribution < -0.4 is 10.6 Å². The van der Waals surface area contributed by atoms with E-state index in [0.29, 0.717) is 30.0 Å². The predicted octanol–water partition coefficient (Wildman–Crippen LogP) is 1.96. The Morgan fingerprint density at radius 2 is 2.04 bits per heavy atom. The first kappa shape index (κ1) is 18.1. The van der Waals surface area contributed by atoms with Crippen molar-refractivity contribution in [1.29, 1.82) is 0 Å². The molecule has 2 N–H and O–H groups in total. The Bertz CT molecular complexity index is 874. The molecule has 1 atom stereocenters. The molecule has 2 aromatic rings. The van der Waals surface area contributed by atoms with Crippen LogP contribution in [-0.2, 0) is 14.8 Å². The first-order chi connectivity index (χ1) is 11.9. The van der Waals surface area contributed by atoms with Gasteiger partial charge in [-0.25, -0.2) is 8.42 Å². The molecule has 2 aromatic heterocycles. The maximum atomic E-state index is 12.7. The first-order valence-electron chi connectivity index (χ1n) is 7.61. The minimum atomic E-state index is -3.68. The van der Waals surface area contributed by atoms with Crippen LogP contribution >= 0.6 is 22.7 Å². The van der Waals surface area contributed by atoms with Gasteiger partial charge in [0.15, 0.2) is 0 Å². The number of sulfonamides is 1. The summed E-state index contributed by atoms with van der Waals surface area (Å²) >= 11 is 2.36. The number of hydrogen-bond donors (Lipinski definition) is 2. The van der Waals surface area contributed by atoms with E-state index in [9.17, 15) is 18.0 Å². The molecule has 0 radical (unpaired) electrons. The SMILES string of the molecule is CNC(=O)c1ccsc1NC(=O)[C@H]1CCCN1S(=O)(=O)c1cccs1. The van der Waals surface area contributed by atoms with E-state index in [1.54, 1.807) is 22.9 Å². The van der Waals surface area contributed by atoms with Gasteiger partial charge in [0, 0.05) is 13.6 Å². The highest BCUT2D eigenvalue weighted by molar-refractivity contribution is 7.91. The van der Waals surface area contributed by atoms with Crippen LogP contribution in [0, 0.1) is 0 Å². The lowest BCUT2D eigenvalue weighted by atomic mass is 10.2. The fourth-order valence-electron chi connectivity index (χ4n) is 2.73. The standard InChI is InChI=1S/C15H17N3O4S3/c1-16-13(19)10-6-9-24-15(10)17-14(20)11-4-2-7-18(11)25(21,22)12-5-3-8-23-12/h3,5-6,8-9,11H,2,4,7H2,1H3,(H,16,19)(H,17,20)/t11-/m1/s1. The van der Waals surface area contributed by atoms with Gasteiger partial charge < -0.3 is 10.6 Å². The molecule has 0 unspecified atom stereocenters. The molecule has 0 spiro atoms. The zero-order valence-electron chi connectivity index (χ0n) is 13.4. The summed E-state index contributed by atoms with van der Waals surface area (Å²) in [7, 11) is -2.17. The van der Waals surface area contributed by atoms with Gasteiger partial charge in [0.2, 0.25) is 5.91 Å². The van der Waals surface area contributed by atoms with Crippen molar-refractivity contribution in [3.05, 3.63) is 34.5 Å². The van der Waals surface area contributed by atoms with Crippen molar-refractivity contribution in [3.63, 3.8) is 0 Å². The summed E-state index contributed by atoms with van der Waals surface area (Å²) in [6.07, 6.45) is 1.08. The molecule has 1 saturated heterocycles. The Hall–Kier alpha value is -1.75. The number of rotatable bonds is 5. The Labute approximate surface area is 153 Å². The molecule has 0 bridgehead atoms. The molecule has 0 aliphatic carbocycles. The number of anilines is 1. The minimum absolute atomic E-state index is 0.231. The molecule has 0 saturated carbocycles. The van der Waals surface area contributed by atoms with Gasteiger partial charge in [-0.2, -0.15) is 4.31 Å². The molecule has 1 fully saturated rings. The van der Waals surface area contributed by atoms with Crippen LogP contribution in [0.25, 0.3) is 0 Å². The van der Waals surface area contributed by atoms with Gasteiger partial charge in [-0.1, -0.05) is 6.07 Å². The summed E-state index contributed by atoms with van der Waals surface area (Å²) in [4.78, 5) is 24.5. The summed E-state index contributed by atoms with van der Waals surface area (Å²) in [5.74, 6) is -0.712. The highest BCUT2D eigenvalue weighted by Crippen LogP contribution is 2.30. The number of amides is 2. The van der Waals surface area contributed by atoms with E-state index < -0.39 is 22.0 Å². The zero-order chi connectivity index (χ0) is 18.0. The number of thiophene rings is 2. The number of nitrogens with one attached hydrogen (secondary N) is 2. The van der Waals surface area contributed by atoms with Crippen LogP contribution in [0.2, 0.25) is 0 Å². The van der Waals surface area contributed by atoms with Gasteiger partial charge in [-0.3, -0.25) is 9.59 Å². The van der Waals surface area contributed by atoms with Crippen molar-refractivity contribution in [2.24, 2.45) is 0 Å². The summed E-state index contributed by atoms with van der Waals surface area (Å²) in [6.45, 7) is 0.311. The van der Waals surface area contributed by atoms with Gasteiger partial charge in [0.25, 0.3) is 15.9 Å². The van der Waals surface area contributed by atoms with Crippen molar-refractivity contribution in [1.82, 2.24) is 9.62 Å². The van der Waals surface area contributed by atoms with E-state index in [1.165, 1.54) is 28.8 Å². The third kappa shape index (κ3) is 3.47. The average Bonchev–Trinajstić information content (AvgIpc) is 3.33. The number of hydrogen-bond acceptors (Lipinski definition) is 6. The third-order valence-corrected chi connectivity index (χ3v) is 8.05. The van der Waals surface area contributed by atoms with Crippen molar-refractivity contribution in [3.8, 4) is 0 Å². The molecule has 10 heteroatoms. The Morgan fingerprint density at radius 1 is 1.24 bits per heavy atom. The lowest BCUT2D eigenvalue weighted by Gasteiger charge is -2.22. The lowest BCUT2D eigenvalue weighted by Crippen LogP contribution is -2.43. The van der Waals surface area contributed by atoms with Gasteiger partial charge in [0.1, 0.15) is 15.3 Å². The molecular formula is C15H17N3O4S3. The van der Waals surface area contributed by atoms with Crippen LogP contribution in [-0.4, -0.2) is 44.2 Å². The molecule has 7 nitrogen and oxygen atoms in total. The number of nitrogens with zero attached hydrogens (tertiary/aromatic N) is 1. The van der Waals surface area contributed by atoms with E-state index in [1.807, 2.05) is 0 Å². The van der Waals surface area contributed by atoms with Crippen molar-refractivity contribution >= 4 is 49.5 Å². The normalized spacial score (nSPS) is 18.2. The fourth-order valence-corrected chi connectivity index (χ4v) is 6.29. The molecule has 134 valence electrons. The summed E-state index contributed by atoms with van der Waals surface area (Å²) in [6, 6.07) is 4.06. The lowest BCUT2D eigenvalue weighted by molar-refractivity contribution is -0.119. The van der Waals surface area contributed by atoms with Crippen LogP contribution in [0.15, 0.2) is 33.2 Å². The Kier molecular flexibility index (Phi) is 5.23. The second kappa shape index (κ2) is 7.24. The first-order valence-corrected chi connectivity index (χ1v) is 10.8. The molecular weight excluding hydrogens is 382 g/mol. The van der Waals surface area contributed by atoms with E-state index in [2.05, 4.69) is 10.6 Å². The fraction of sp³-hybridized carbons (Fsp3) is 0.333. The van der Waals surface area contributed by atoms with Gasteiger partial charge in [0.05, 0.1) is 5.56 Å². The van der Waals surface area contributed by atoms with Gasteiger partial charge in [-0.05, 0) is 35.7 Å². The zero-order valence-corrected chi connectivity index (χ0v) is 15.8. The molecule has 1 aliphatic rings. The second-order valence-corrected chi connectivity index (χ2v) is 9.42. The Balaban J connectivity index is 1.80. The summed E-state index contributed by atoms with van der Waals surface area (Å²) < 4.78 is 26.9. The van der Waals surface area contributed by atoms with E-state index in [0.717, 1.165) is 11.3 Å². The molecule has 0 aromatic carbocycles. The minimum Gasteiger partial charge on any atom is -0.355 e.